The van der Waals surface area contributed by atoms with Gasteiger partial charge in [0.15, 0.2) is 12.2 Å². The van der Waals surface area contributed by atoms with Crippen LogP contribution in [-0.2, 0) is 39.2 Å². The minimum Gasteiger partial charge on any atom is -0.394 e. The molecular formula is C25H45N13O14S. The molecule has 0 aromatic heterocycles. The number of aliphatic hydroxyl groups is 3. The third kappa shape index (κ3) is 17.7. The number of rotatable bonds is 10. The zero-order valence-electron chi connectivity index (χ0n) is 27.9. The first-order valence-corrected chi connectivity index (χ1v) is 16.8. The quantitative estimate of drug-likeness (QED) is 0.0722. The highest BCUT2D eigenvalue weighted by Crippen LogP contribution is 2.11. The van der Waals surface area contributed by atoms with Crippen molar-refractivity contribution in [2.75, 3.05) is 26.3 Å². The number of nitrogens with two attached hydrogens (primary N) is 4. The summed E-state index contributed by atoms with van der Waals surface area (Å²) in [6.07, 6.45) is -0.339. The van der Waals surface area contributed by atoms with Gasteiger partial charge in [0, 0.05) is 31.6 Å². The highest BCUT2D eigenvalue weighted by atomic mass is 32.3. The molecule has 0 aromatic carbocycles. The van der Waals surface area contributed by atoms with Crippen molar-refractivity contribution in [3.05, 3.63) is 11.9 Å². The zero-order valence-corrected chi connectivity index (χ0v) is 28.7. The molecule has 0 aromatic rings. The van der Waals surface area contributed by atoms with Gasteiger partial charge in [-0.2, -0.15) is 8.42 Å². The van der Waals surface area contributed by atoms with Crippen LogP contribution < -0.4 is 65.5 Å². The van der Waals surface area contributed by atoms with Crippen molar-refractivity contribution in [3.8, 4) is 0 Å². The maximum absolute atomic E-state index is 13.6. The van der Waals surface area contributed by atoms with Crippen molar-refractivity contribution in [2.24, 2.45) is 27.9 Å². The van der Waals surface area contributed by atoms with E-state index in [0.29, 0.717) is 25.6 Å². The number of nitrogens with one attached hydrogen (secondary N) is 8. The fraction of sp³-hybridized carbons (Fsp3) is 0.600. The molecule has 53 heavy (non-hydrogen) atoms. The molecule has 21 N–H and O–H groups in total. The first-order chi connectivity index (χ1) is 24.7. The van der Waals surface area contributed by atoms with Crippen LogP contribution in [0, 0.1) is 0 Å². The van der Waals surface area contributed by atoms with Gasteiger partial charge >= 0.3 is 16.4 Å². The van der Waals surface area contributed by atoms with E-state index in [0.717, 1.165) is 0 Å². The number of guanidine groups is 1. The number of hydrogen-bond acceptors (Lipinski definition) is 17. The molecule has 0 spiro atoms. The maximum atomic E-state index is 13.6. The molecule has 1 saturated heterocycles. The standard InChI is InChI=1S/C25H43N13O10.H2O4S/c26-3-1-2-10(27)4-16(41)32-12-6-30-23(47)18(11-5-17(42)37-24(28)36-11)38-20(44)13(7-31-25(29)48)33-21(45)14(8-39)35-22(46)15(9-40)34-19(12)43;1-5(2,3)4/h7,10-12,14-15,17-18,39-40,42H,1-6,8-9,26-27H2,(H,30,47)(H,32,41)(H,33,45)(H,34,43)(H,35,46)(H,38,44)(H3,28,36,37)(H3,29,31,48);(H2,1,2,3,4)/b13-7-;/t10-,11?,12-,14+,15-,17+,18-;/m1./s1. The van der Waals surface area contributed by atoms with Crippen LogP contribution in [-0.4, -0.2) is 149 Å². The molecule has 0 bridgehead atoms. The first kappa shape index (κ1) is 45.8. The number of carbonyl (C=O) groups is 7. The van der Waals surface area contributed by atoms with Gasteiger partial charge in [-0.1, -0.05) is 0 Å². The van der Waals surface area contributed by atoms with Gasteiger partial charge in [0.2, 0.25) is 29.5 Å². The van der Waals surface area contributed by atoms with Gasteiger partial charge in [0.1, 0.15) is 29.9 Å². The average Bonchev–Trinajstić information content (AvgIpc) is 3.05. The van der Waals surface area contributed by atoms with Gasteiger partial charge in [-0.05, 0) is 19.4 Å². The van der Waals surface area contributed by atoms with Crippen LogP contribution in [0.2, 0.25) is 0 Å². The molecule has 1 fully saturated rings. The second-order valence-electron chi connectivity index (χ2n) is 11.2. The summed E-state index contributed by atoms with van der Waals surface area (Å²) in [6.45, 7) is -2.36. The third-order valence-electron chi connectivity index (χ3n) is 6.91. The number of hydrogen-bond donors (Lipinski definition) is 17. The maximum Gasteiger partial charge on any atom is 0.394 e. The fourth-order valence-corrected chi connectivity index (χ4v) is 4.46. The van der Waals surface area contributed by atoms with Crippen molar-refractivity contribution in [1.29, 1.82) is 0 Å². The molecular weight excluding hydrogens is 738 g/mol. The van der Waals surface area contributed by atoms with Crippen LogP contribution in [0.4, 0.5) is 4.79 Å². The summed E-state index contributed by atoms with van der Waals surface area (Å²) in [5.74, 6) is -6.65. The number of carbonyl (C=O) groups excluding carboxylic acids is 7. The lowest BCUT2D eigenvalue weighted by molar-refractivity contribution is -0.135. The molecule has 0 radical (unpaired) electrons. The zero-order chi connectivity index (χ0) is 40.5. The lowest BCUT2D eigenvalue weighted by atomic mass is 10.0. The van der Waals surface area contributed by atoms with Gasteiger partial charge in [0.25, 0.3) is 5.91 Å². The Bertz CT molecular complexity index is 1500. The molecule has 28 heteroatoms. The number of aliphatic hydroxyl groups excluding tert-OH is 3. The Labute approximate surface area is 301 Å². The fourth-order valence-electron chi connectivity index (χ4n) is 4.46. The van der Waals surface area contributed by atoms with Crippen molar-refractivity contribution >= 4 is 57.8 Å². The Morgan fingerprint density at radius 3 is 2.09 bits per heavy atom. The summed E-state index contributed by atoms with van der Waals surface area (Å²) in [7, 11) is -4.67. The number of primary amides is 1. The van der Waals surface area contributed by atoms with Gasteiger partial charge in [-0.25, -0.2) is 9.79 Å². The van der Waals surface area contributed by atoms with Crippen molar-refractivity contribution in [3.63, 3.8) is 0 Å². The number of aliphatic imine (C=N–C) groups is 1. The average molecular weight is 784 g/mol. The Kier molecular flexibility index (Phi) is 19.0. The monoisotopic (exact) mass is 783 g/mol. The second kappa shape index (κ2) is 22.0. The highest BCUT2D eigenvalue weighted by Gasteiger charge is 2.37. The summed E-state index contributed by atoms with van der Waals surface area (Å²) in [4.78, 5) is 94.0. The van der Waals surface area contributed by atoms with Crippen LogP contribution in [0.5, 0.6) is 0 Å². The van der Waals surface area contributed by atoms with E-state index < -0.39 is 120 Å². The molecule has 0 aliphatic carbocycles. The Balaban J connectivity index is 0.00000262. The molecule has 300 valence electrons. The van der Waals surface area contributed by atoms with Crippen LogP contribution in [0.1, 0.15) is 25.7 Å². The van der Waals surface area contributed by atoms with Gasteiger partial charge in [0.05, 0.1) is 19.3 Å². The Hall–Kier alpha value is -5.23. The minimum absolute atomic E-state index is 0.245. The highest BCUT2D eigenvalue weighted by molar-refractivity contribution is 7.79. The number of nitrogens with zero attached hydrogens (tertiary/aromatic N) is 1. The van der Waals surface area contributed by atoms with E-state index in [2.05, 4.69) is 42.2 Å². The predicted octanol–water partition coefficient (Wildman–Crippen LogP) is -9.54. The van der Waals surface area contributed by atoms with E-state index in [9.17, 15) is 48.9 Å². The van der Waals surface area contributed by atoms with Crippen molar-refractivity contribution in [1.82, 2.24) is 42.5 Å². The summed E-state index contributed by atoms with van der Waals surface area (Å²) in [5.41, 5.74) is 21.5. The lowest BCUT2D eigenvalue weighted by Crippen LogP contribution is -2.64. The Morgan fingerprint density at radius 2 is 1.55 bits per heavy atom. The molecule has 2 aliphatic rings. The van der Waals surface area contributed by atoms with Crippen LogP contribution in [0.15, 0.2) is 16.9 Å². The van der Waals surface area contributed by atoms with Crippen LogP contribution >= 0.6 is 0 Å². The van der Waals surface area contributed by atoms with E-state index in [1.807, 2.05) is 5.32 Å². The normalized spacial score (nSPS) is 26.1. The topological polar surface area (TPSA) is 467 Å². The van der Waals surface area contributed by atoms with Crippen molar-refractivity contribution < 1.29 is 66.4 Å². The van der Waals surface area contributed by atoms with E-state index in [-0.39, 0.29) is 18.8 Å². The minimum atomic E-state index is -4.67. The lowest BCUT2D eigenvalue weighted by Gasteiger charge is -2.33. The van der Waals surface area contributed by atoms with Gasteiger partial charge in [-0.15, -0.1) is 0 Å². The Morgan fingerprint density at radius 1 is 0.962 bits per heavy atom. The van der Waals surface area contributed by atoms with Crippen LogP contribution in [0.3, 0.4) is 0 Å². The van der Waals surface area contributed by atoms with E-state index in [1.165, 1.54) is 0 Å². The molecule has 2 aliphatic heterocycles. The molecule has 7 atom stereocenters. The molecule has 1 unspecified atom stereocenters. The molecule has 0 saturated carbocycles. The number of amides is 8. The third-order valence-corrected chi connectivity index (χ3v) is 6.91. The molecule has 2 heterocycles. The second-order valence-corrected chi connectivity index (χ2v) is 12.1. The van der Waals surface area contributed by atoms with E-state index >= 15 is 0 Å². The molecule has 2 rings (SSSR count). The van der Waals surface area contributed by atoms with E-state index in [1.54, 1.807) is 0 Å². The SMILES string of the molecule is NCCC[C@@H](N)CC(=O)N[C@@H]1CNC(=O)[C@@H](C2C[C@H](O)N=C(N)N2)NC(=O)/C(=C/NC(N)=O)NC(=O)[C@H](CO)NC(=O)[C@@H](CO)NC1=O.O=S(=O)(O)O. The largest absolute Gasteiger partial charge is 0.394 e. The van der Waals surface area contributed by atoms with Gasteiger partial charge in [-0.3, -0.25) is 37.9 Å². The predicted molar refractivity (Wildman–Crippen MR) is 178 cm³/mol. The molecule has 27 nitrogen and oxygen atoms in total. The van der Waals surface area contributed by atoms with Crippen LogP contribution in [0.25, 0.3) is 0 Å². The van der Waals surface area contributed by atoms with Crippen molar-refractivity contribution in [2.45, 2.75) is 68.2 Å². The van der Waals surface area contributed by atoms with E-state index in [4.69, 9.17) is 40.5 Å². The number of urea groups is 1. The van der Waals surface area contributed by atoms with Gasteiger partial charge < -0.3 is 80.8 Å². The summed E-state index contributed by atoms with van der Waals surface area (Å²) < 4.78 is 31.6. The first-order valence-electron chi connectivity index (χ1n) is 15.4. The summed E-state index contributed by atoms with van der Waals surface area (Å²) >= 11 is 0. The summed E-state index contributed by atoms with van der Waals surface area (Å²) in [6, 6.07) is -9.66. The summed E-state index contributed by atoms with van der Waals surface area (Å²) in [5, 5.41) is 47.9. The molecule has 8 amide bonds. The smallest absolute Gasteiger partial charge is 0.394 e.